The van der Waals surface area contributed by atoms with E-state index in [0.717, 1.165) is 0 Å². The zero-order valence-corrected chi connectivity index (χ0v) is 9.65. The van der Waals surface area contributed by atoms with Crippen molar-refractivity contribution in [3.63, 3.8) is 0 Å². The third kappa shape index (κ3) is 2.65. The highest BCUT2D eigenvalue weighted by Crippen LogP contribution is 2.29. The number of nitrogens with zero attached hydrogens (tertiary/aromatic N) is 1. The molecule has 0 aliphatic carbocycles. The number of hydrogen-bond acceptors (Lipinski definition) is 5. The molecular weight excluding hydrogens is 222 g/mol. The van der Waals surface area contributed by atoms with E-state index in [0.29, 0.717) is 44.9 Å². The van der Waals surface area contributed by atoms with E-state index in [-0.39, 0.29) is 5.91 Å². The first-order valence-electron chi connectivity index (χ1n) is 5.72. The van der Waals surface area contributed by atoms with Crippen LogP contribution < -0.4 is 11.1 Å². The Hall–Kier alpha value is -1.40. The second kappa shape index (κ2) is 5.29. The number of hydrogen-bond donors (Lipinski definition) is 2. The quantitative estimate of drug-likeness (QED) is 0.774. The highest BCUT2D eigenvalue weighted by molar-refractivity contribution is 5.82. The van der Waals surface area contributed by atoms with E-state index in [1.54, 1.807) is 12.3 Å². The van der Waals surface area contributed by atoms with Gasteiger partial charge in [0.25, 0.3) is 0 Å². The van der Waals surface area contributed by atoms with Gasteiger partial charge in [0.2, 0.25) is 5.91 Å². The molecule has 0 spiro atoms. The van der Waals surface area contributed by atoms with Crippen LogP contribution in [-0.4, -0.2) is 30.8 Å². The van der Waals surface area contributed by atoms with E-state index in [9.17, 15) is 4.79 Å². The Morgan fingerprint density at radius 2 is 2.29 bits per heavy atom. The molecule has 3 N–H and O–H groups in total. The lowest BCUT2D eigenvalue weighted by molar-refractivity contribution is -0.136. The predicted octanol–water partition coefficient (Wildman–Crippen LogP) is 0.0463. The largest absolute Gasteiger partial charge is 0.381 e. The summed E-state index contributed by atoms with van der Waals surface area (Å²) >= 11 is 0. The minimum absolute atomic E-state index is 0.0281. The maximum absolute atomic E-state index is 12.1. The number of nitrogens with two attached hydrogens (primary N) is 1. The molecule has 0 bridgehead atoms. The molecule has 1 saturated heterocycles. The third-order valence-corrected chi connectivity index (χ3v) is 3.24. The molecule has 1 amide bonds. The predicted molar refractivity (Wildman–Crippen MR) is 59.9 cm³/mol. The second-order valence-corrected chi connectivity index (χ2v) is 4.26. The van der Waals surface area contributed by atoms with Crippen LogP contribution in [0.4, 0.5) is 0 Å². The lowest BCUT2D eigenvalue weighted by atomic mass is 9.79. The number of ether oxygens (including phenoxy) is 1. The molecule has 1 aliphatic heterocycles. The van der Waals surface area contributed by atoms with E-state index in [1.807, 2.05) is 0 Å². The van der Waals surface area contributed by atoms with Crippen molar-refractivity contribution in [2.75, 3.05) is 19.8 Å². The van der Waals surface area contributed by atoms with Gasteiger partial charge < -0.3 is 20.3 Å². The van der Waals surface area contributed by atoms with Gasteiger partial charge in [-0.2, -0.15) is 0 Å². The maximum atomic E-state index is 12.1. The zero-order valence-electron chi connectivity index (χ0n) is 9.65. The number of amides is 1. The van der Waals surface area contributed by atoms with Crippen LogP contribution >= 0.6 is 0 Å². The number of aromatic nitrogens is 1. The number of carbonyl (C=O) groups is 1. The summed E-state index contributed by atoms with van der Waals surface area (Å²) in [6.07, 6.45) is 2.89. The summed E-state index contributed by atoms with van der Waals surface area (Å²) < 4.78 is 10.2. The van der Waals surface area contributed by atoms with Crippen LogP contribution in [0.2, 0.25) is 0 Å². The van der Waals surface area contributed by atoms with Crippen molar-refractivity contribution in [1.29, 1.82) is 0 Å². The molecule has 2 rings (SSSR count). The lowest BCUT2D eigenvalue weighted by Gasteiger charge is -2.34. The van der Waals surface area contributed by atoms with Crippen molar-refractivity contribution in [2.45, 2.75) is 19.4 Å². The number of carbonyl (C=O) groups excluding carboxylic acids is 1. The summed E-state index contributed by atoms with van der Waals surface area (Å²) in [5.41, 5.74) is 5.25. The summed E-state index contributed by atoms with van der Waals surface area (Å²) in [4.78, 5) is 12.1. The molecule has 1 aromatic rings. The minimum Gasteiger partial charge on any atom is -0.381 e. The monoisotopic (exact) mass is 239 g/mol. The molecule has 1 aliphatic rings. The number of nitrogens with one attached hydrogen (secondary N) is 1. The highest BCUT2D eigenvalue weighted by Gasteiger charge is 2.38. The molecule has 0 saturated carbocycles. The fraction of sp³-hybridized carbons (Fsp3) is 0.636. The van der Waals surface area contributed by atoms with Crippen LogP contribution in [-0.2, 0) is 16.1 Å². The van der Waals surface area contributed by atoms with E-state index in [4.69, 9.17) is 15.0 Å². The number of rotatable bonds is 4. The Kier molecular flexibility index (Phi) is 3.75. The van der Waals surface area contributed by atoms with Gasteiger partial charge in [-0.15, -0.1) is 0 Å². The average Bonchev–Trinajstić information content (AvgIpc) is 2.90. The zero-order chi connectivity index (χ0) is 12.1. The van der Waals surface area contributed by atoms with Gasteiger partial charge in [-0.05, 0) is 12.8 Å². The van der Waals surface area contributed by atoms with Crippen molar-refractivity contribution in [2.24, 2.45) is 11.1 Å². The van der Waals surface area contributed by atoms with Crippen LogP contribution in [0.25, 0.3) is 0 Å². The van der Waals surface area contributed by atoms with Gasteiger partial charge in [-0.3, -0.25) is 4.79 Å². The molecular formula is C11H17N3O3. The average molecular weight is 239 g/mol. The van der Waals surface area contributed by atoms with Crippen molar-refractivity contribution in [1.82, 2.24) is 10.5 Å². The first-order chi connectivity index (χ1) is 8.27. The molecule has 0 radical (unpaired) electrons. The normalized spacial score (nSPS) is 18.9. The maximum Gasteiger partial charge on any atom is 0.228 e. The molecule has 94 valence electrons. The first kappa shape index (κ1) is 12.1. The fourth-order valence-electron chi connectivity index (χ4n) is 1.97. The molecule has 17 heavy (non-hydrogen) atoms. The van der Waals surface area contributed by atoms with Gasteiger partial charge in [0.15, 0.2) is 5.76 Å². The van der Waals surface area contributed by atoms with Crippen molar-refractivity contribution < 1.29 is 14.1 Å². The standard InChI is InChI=1S/C11H17N3O3/c12-8-11(2-5-16-6-3-11)10(15)13-7-9-1-4-14-17-9/h1,4H,2-3,5-8,12H2,(H,13,15). The fourth-order valence-corrected chi connectivity index (χ4v) is 1.97. The molecule has 2 heterocycles. The Labute approximate surface area is 99.5 Å². The van der Waals surface area contributed by atoms with E-state index < -0.39 is 5.41 Å². The van der Waals surface area contributed by atoms with Crippen LogP contribution in [0.5, 0.6) is 0 Å². The summed E-state index contributed by atoms with van der Waals surface area (Å²) in [5, 5.41) is 6.42. The first-order valence-corrected chi connectivity index (χ1v) is 5.72. The van der Waals surface area contributed by atoms with Gasteiger partial charge in [-0.1, -0.05) is 5.16 Å². The summed E-state index contributed by atoms with van der Waals surface area (Å²) in [6, 6.07) is 1.72. The summed E-state index contributed by atoms with van der Waals surface area (Å²) in [7, 11) is 0. The summed E-state index contributed by atoms with van der Waals surface area (Å²) in [5.74, 6) is 0.609. The molecule has 6 nitrogen and oxygen atoms in total. The van der Waals surface area contributed by atoms with Gasteiger partial charge in [-0.25, -0.2) is 0 Å². The van der Waals surface area contributed by atoms with Gasteiger partial charge in [0.1, 0.15) is 0 Å². The minimum atomic E-state index is -0.488. The Morgan fingerprint density at radius 1 is 1.53 bits per heavy atom. The molecule has 0 atom stereocenters. The highest BCUT2D eigenvalue weighted by atomic mass is 16.5. The molecule has 1 fully saturated rings. The van der Waals surface area contributed by atoms with Crippen LogP contribution in [0, 0.1) is 5.41 Å². The van der Waals surface area contributed by atoms with Crippen molar-refractivity contribution in [3.05, 3.63) is 18.0 Å². The van der Waals surface area contributed by atoms with E-state index in [1.165, 1.54) is 0 Å². The second-order valence-electron chi connectivity index (χ2n) is 4.26. The SMILES string of the molecule is NCC1(C(=O)NCc2ccno2)CCOCC1. The van der Waals surface area contributed by atoms with E-state index >= 15 is 0 Å². The lowest BCUT2D eigenvalue weighted by Crippen LogP contribution is -2.48. The molecule has 1 aromatic heterocycles. The van der Waals surface area contributed by atoms with Crippen molar-refractivity contribution >= 4 is 5.91 Å². The van der Waals surface area contributed by atoms with Crippen LogP contribution in [0.1, 0.15) is 18.6 Å². The summed E-state index contributed by atoms with van der Waals surface area (Å²) in [6.45, 7) is 1.87. The Bertz CT molecular complexity index is 358. The van der Waals surface area contributed by atoms with Gasteiger partial charge in [0, 0.05) is 25.8 Å². The Balaban J connectivity index is 1.93. The third-order valence-electron chi connectivity index (χ3n) is 3.24. The van der Waals surface area contributed by atoms with E-state index in [2.05, 4.69) is 10.5 Å². The van der Waals surface area contributed by atoms with Crippen LogP contribution in [0.3, 0.4) is 0 Å². The Morgan fingerprint density at radius 3 is 2.88 bits per heavy atom. The molecule has 0 aromatic carbocycles. The van der Waals surface area contributed by atoms with Crippen molar-refractivity contribution in [3.8, 4) is 0 Å². The smallest absolute Gasteiger partial charge is 0.228 e. The topological polar surface area (TPSA) is 90.4 Å². The van der Waals surface area contributed by atoms with Gasteiger partial charge in [0.05, 0.1) is 18.2 Å². The van der Waals surface area contributed by atoms with Crippen LogP contribution in [0.15, 0.2) is 16.8 Å². The molecule has 0 unspecified atom stereocenters. The van der Waals surface area contributed by atoms with Gasteiger partial charge >= 0.3 is 0 Å². The molecule has 6 heteroatoms.